The Morgan fingerprint density at radius 3 is 2.41 bits per heavy atom. The molecule has 0 spiro atoms. The summed E-state index contributed by atoms with van der Waals surface area (Å²) < 4.78 is 4.99. The van der Waals surface area contributed by atoms with Crippen LogP contribution in [0.2, 0.25) is 0 Å². The second-order valence-corrected chi connectivity index (χ2v) is 7.70. The predicted octanol–water partition coefficient (Wildman–Crippen LogP) is 2.46. The van der Waals surface area contributed by atoms with Gasteiger partial charge in [0.2, 0.25) is 0 Å². The summed E-state index contributed by atoms with van der Waals surface area (Å²) in [5.74, 6) is 0. The van der Waals surface area contributed by atoms with Gasteiger partial charge in [0.1, 0.15) is 0 Å². The van der Waals surface area contributed by atoms with Crippen LogP contribution in [0.15, 0.2) is 30.3 Å². The van der Waals surface area contributed by atoms with Gasteiger partial charge in [0.15, 0.2) is 0 Å². The van der Waals surface area contributed by atoms with Crippen molar-refractivity contribution in [2.24, 2.45) is 0 Å². The lowest BCUT2D eigenvalue weighted by Gasteiger charge is -2.50. The van der Waals surface area contributed by atoms with Gasteiger partial charge >= 0.3 is 6.03 Å². The molecule has 0 aromatic heterocycles. The quantitative estimate of drug-likeness (QED) is 0.720. The number of nitrogens with zero attached hydrogens (tertiary/aromatic N) is 2. The first-order valence-electron chi connectivity index (χ1n) is 10.3. The smallest absolute Gasteiger partial charge is 0.314 e. The molecule has 6 heteroatoms. The molecular formula is C21H34N4O2. The Morgan fingerprint density at radius 2 is 1.74 bits per heavy atom. The van der Waals surface area contributed by atoms with E-state index in [1.54, 1.807) is 7.11 Å². The molecule has 0 unspecified atom stereocenters. The molecule has 1 saturated carbocycles. The molecule has 1 saturated heterocycles. The van der Waals surface area contributed by atoms with E-state index in [4.69, 9.17) is 4.74 Å². The molecule has 27 heavy (non-hydrogen) atoms. The fourth-order valence-electron chi connectivity index (χ4n) is 4.47. The molecule has 0 bridgehead atoms. The number of para-hydroxylation sites is 1. The number of ether oxygens (including phenoxy) is 1. The number of benzene rings is 1. The number of urea groups is 1. The molecule has 1 aliphatic heterocycles. The third-order valence-electron chi connectivity index (χ3n) is 6.03. The maximum absolute atomic E-state index is 12.1. The fourth-order valence-corrected chi connectivity index (χ4v) is 4.47. The third kappa shape index (κ3) is 5.36. The minimum absolute atomic E-state index is 0.0834. The van der Waals surface area contributed by atoms with Crippen LogP contribution in [0.1, 0.15) is 32.1 Å². The first-order chi connectivity index (χ1) is 13.2. The van der Waals surface area contributed by atoms with E-state index in [2.05, 4.69) is 50.8 Å². The number of amides is 2. The zero-order chi connectivity index (χ0) is 19.0. The van der Waals surface area contributed by atoms with E-state index in [-0.39, 0.29) is 11.6 Å². The van der Waals surface area contributed by atoms with Gasteiger partial charge in [-0.3, -0.25) is 4.90 Å². The lowest BCUT2D eigenvalue weighted by Crippen LogP contribution is -2.62. The first-order valence-corrected chi connectivity index (χ1v) is 10.3. The van der Waals surface area contributed by atoms with Crippen molar-refractivity contribution in [2.75, 3.05) is 57.9 Å². The minimum atomic E-state index is -0.0834. The summed E-state index contributed by atoms with van der Waals surface area (Å²) in [6, 6.07) is 10.6. The van der Waals surface area contributed by atoms with Crippen LogP contribution in [0.5, 0.6) is 0 Å². The molecule has 1 aliphatic carbocycles. The number of carbonyl (C=O) groups is 1. The van der Waals surface area contributed by atoms with E-state index in [0.29, 0.717) is 13.2 Å². The molecule has 2 fully saturated rings. The number of piperazine rings is 1. The summed E-state index contributed by atoms with van der Waals surface area (Å²) in [5.41, 5.74) is 1.42. The summed E-state index contributed by atoms with van der Waals surface area (Å²) >= 11 is 0. The SMILES string of the molecule is COCCNC(=O)NCC1(N2CCN(c3ccccc3)CC2)CCCCC1. The van der Waals surface area contributed by atoms with E-state index in [1.807, 2.05) is 0 Å². The van der Waals surface area contributed by atoms with Crippen LogP contribution in [0.3, 0.4) is 0 Å². The van der Waals surface area contributed by atoms with Crippen LogP contribution < -0.4 is 15.5 Å². The number of nitrogens with one attached hydrogen (secondary N) is 2. The highest BCUT2D eigenvalue weighted by Crippen LogP contribution is 2.34. The molecule has 0 atom stereocenters. The van der Waals surface area contributed by atoms with Crippen molar-refractivity contribution in [3.8, 4) is 0 Å². The highest BCUT2D eigenvalue weighted by atomic mass is 16.5. The number of carbonyl (C=O) groups excluding carboxylic acids is 1. The lowest BCUT2D eigenvalue weighted by molar-refractivity contribution is 0.0464. The molecule has 150 valence electrons. The number of anilines is 1. The highest BCUT2D eigenvalue weighted by Gasteiger charge is 2.39. The van der Waals surface area contributed by atoms with Gasteiger partial charge in [-0.1, -0.05) is 37.5 Å². The normalized spacial score (nSPS) is 20.3. The van der Waals surface area contributed by atoms with Crippen molar-refractivity contribution in [2.45, 2.75) is 37.6 Å². The van der Waals surface area contributed by atoms with Gasteiger partial charge in [-0.2, -0.15) is 0 Å². The Bertz CT molecular complexity index is 567. The van der Waals surface area contributed by atoms with E-state index in [9.17, 15) is 4.79 Å². The van der Waals surface area contributed by atoms with E-state index in [1.165, 1.54) is 37.8 Å². The van der Waals surface area contributed by atoms with Crippen molar-refractivity contribution in [1.82, 2.24) is 15.5 Å². The van der Waals surface area contributed by atoms with Crippen molar-refractivity contribution < 1.29 is 9.53 Å². The van der Waals surface area contributed by atoms with E-state index < -0.39 is 0 Å². The Kier molecular flexibility index (Phi) is 7.35. The van der Waals surface area contributed by atoms with Crippen LogP contribution in [0, 0.1) is 0 Å². The summed E-state index contributed by atoms with van der Waals surface area (Å²) in [4.78, 5) is 17.2. The number of rotatable bonds is 7. The maximum Gasteiger partial charge on any atom is 0.314 e. The van der Waals surface area contributed by atoms with Crippen molar-refractivity contribution in [3.05, 3.63) is 30.3 Å². The summed E-state index contributed by atoms with van der Waals surface area (Å²) in [6.07, 6.45) is 6.18. The number of hydrogen-bond donors (Lipinski definition) is 2. The standard InChI is InChI=1S/C21H34N4O2/c1-27-17-12-22-20(26)23-18-21(10-6-3-7-11-21)25-15-13-24(14-16-25)19-8-4-2-5-9-19/h2,4-5,8-9H,3,6-7,10-18H2,1H3,(H2,22,23,26). The molecular weight excluding hydrogens is 340 g/mol. The summed E-state index contributed by atoms with van der Waals surface area (Å²) in [6.45, 7) is 6.03. The van der Waals surface area contributed by atoms with Gasteiger partial charge in [0.25, 0.3) is 0 Å². The lowest BCUT2D eigenvalue weighted by atomic mass is 9.79. The van der Waals surface area contributed by atoms with Crippen molar-refractivity contribution in [1.29, 1.82) is 0 Å². The summed E-state index contributed by atoms with van der Waals surface area (Å²) in [5, 5.41) is 6.00. The molecule has 1 aromatic rings. The Labute approximate surface area is 163 Å². The average Bonchev–Trinajstić information content (AvgIpc) is 2.74. The van der Waals surface area contributed by atoms with Gasteiger partial charge in [0.05, 0.1) is 6.61 Å². The molecule has 1 aromatic carbocycles. The molecule has 3 rings (SSSR count). The second kappa shape index (κ2) is 9.95. The van der Waals surface area contributed by atoms with E-state index in [0.717, 1.165) is 32.7 Å². The van der Waals surface area contributed by atoms with Crippen LogP contribution in [-0.4, -0.2) is 69.5 Å². The van der Waals surface area contributed by atoms with Gasteiger partial charge in [-0.05, 0) is 25.0 Å². The molecule has 0 radical (unpaired) electrons. The van der Waals surface area contributed by atoms with Crippen LogP contribution in [0.25, 0.3) is 0 Å². The maximum atomic E-state index is 12.1. The molecule has 2 N–H and O–H groups in total. The van der Waals surface area contributed by atoms with E-state index >= 15 is 0 Å². The van der Waals surface area contributed by atoms with Crippen LogP contribution >= 0.6 is 0 Å². The van der Waals surface area contributed by atoms with Gasteiger partial charge < -0.3 is 20.3 Å². The predicted molar refractivity (Wildman–Crippen MR) is 109 cm³/mol. The van der Waals surface area contributed by atoms with Crippen molar-refractivity contribution >= 4 is 11.7 Å². The third-order valence-corrected chi connectivity index (χ3v) is 6.03. The Balaban J connectivity index is 1.55. The van der Waals surface area contributed by atoms with Gasteiger partial charge in [-0.15, -0.1) is 0 Å². The molecule has 1 heterocycles. The minimum Gasteiger partial charge on any atom is -0.383 e. The second-order valence-electron chi connectivity index (χ2n) is 7.70. The van der Waals surface area contributed by atoms with Gasteiger partial charge in [0, 0.05) is 57.6 Å². The largest absolute Gasteiger partial charge is 0.383 e. The topological polar surface area (TPSA) is 56.8 Å². The number of hydrogen-bond acceptors (Lipinski definition) is 4. The fraction of sp³-hybridized carbons (Fsp3) is 0.667. The molecule has 2 amide bonds. The molecule has 2 aliphatic rings. The Morgan fingerprint density at radius 1 is 1.04 bits per heavy atom. The van der Waals surface area contributed by atoms with Crippen LogP contribution in [0.4, 0.5) is 10.5 Å². The van der Waals surface area contributed by atoms with Crippen molar-refractivity contribution in [3.63, 3.8) is 0 Å². The zero-order valence-corrected chi connectivity index (χ0v) is 16.6. The Hall–Kier alpha value is -1.79. The number of methoxy groups -OCH3 is 1. The monoisotopic (exact) mass is 374 g/mol. The average molecular weight is 375 g/mol. The highest BCUT2D eigenvalue weighted by molar-refractivity contribution is 5.73. The summed E-state index contributed by atoms with van der Waals surface area (Å²) in [7, 11) is 1.64. The van der Waals surface area contributed by atoms with Crippen LogP contribution in [-0.2, 0) is 4.74 Å². The first kappa shape index (κ1) is 20.0. The van der Waals surface area contributed by atoms with Gasteiger partial charge in [-0.25, -0.2) is 4.79 Å². The zero-order valence-electron chi connectivity index (χ0n) is 16.6. The molecule has 6 nitrogen and oxygen atoms in total.